The Labute approximate surface area is 119 Å². The standard InChI is InChI=1S/C14H15BrFNO2/c1-9(4-6-15)5-7-17-12-3-2-10(16)8-11(12)13(18)14(17)19/h2-3,8-9H,4-7H2,1H3. The van der Waals surface area contributed by atoms with Gasteiger partial charge in [-0.3, -0.25) is 9.59 Å². The molecule has 0 saturated carbocycles. The van der Waals surface area contributed by atoms with E-state index in [4.69, 9.17) is 0 Å². The molecule has 0 saturated heterocycles. The highest BCUT2D eigenvalue weighted by Crippen LogP contribution is 2.30. The first-order valence-electron chi connectivity index (χ1n) is 6.26. The first kappa shape index (κ1) is 14.2. The van der Waals surface area contributed by atoms with Crippen molar-refractivity contribution in [1.29, 1.82) is 0 Å². The summed E-state index contributed by atoms with van der Waals surface area (Å²) < 4.78 is 13.1. The van der Waals surface area contributed by atoms with Gasteiger partial charge in [0, 0.05) is 11.9 Å². The molecule has 102 valence electrons. The van der Waals surface area contributed by atoms with Crippen LogP contribution in [0.25, 0.3) is 0 Å². The Hall–Kier alpha value is -1.23. The molecule has 2 rings (SSSR count). The summed E-state index contributed by atoms with van der Waals surface area (Å²) in [6.07, 6.45) is 1.84. The maximum Gasteiger partial charge on any atom is 0.299 e. The van der Waals surface area contributed by atoms with E-state index in [1.165, 1.54) is 17.0 Å². The third-order valence-electron chi connectivity index (χ3n) is 3.38. The van der Waals surface area contributed by atoms with Crippen LogP contribution in [-0.4, -0.2) is 23.6 Å². The Morgan fingerprint density at radius 2 is 2.05 bits per heavy atom. The number of Topliss-reactive ketones (excluding diaryl/α,β-unsaturated/α-hetero) is 1. The van der Waals surface area contributed by atoms with Crippen LogP contribution in [0.2, 0.25) is 0 Å². The van der Waals surface area contributed by atoms with E-state index in [0.717, 1.165) is 24.2 Å². The predicted octanol–water partition coefficient (Wildman–Crippen LogP) is 3.17. The molecule has 1 atom stereocenters. The molecule has 19 heavy (non-hydrogen) atoms. The van der Waals surface area contributed by atoms with Crippen molar-refractivity contribution >= 4 is 33.3 Å². The van der Waals surface area contributed by atoms with Crippen molar-refractivity contribution in [2.75, 3.05) is 16.8 Å². The second kappa shape index (κ2) is 5.82. The van der Waals surface area contributed by atoms with Gasteiger partial charge in [-0.15, -0.1) is 0 Å². The van der Waals surface area contributed by atoms with Gasteiger partial charge in [-0.05, 0) is 37.0 Å². The van der Waals surface area contributed by atoms with Crippen LogP contribution in [0, 0.1) is 11.7 Å². The highest BCUT2D eigenvalue weighted by molar-refractivity contribution is 9.09. The average Bonchev–Trinajstić information content (AvgIpc) is 2.61. The normalized spacial score (nSPS) is 15.8. The molecule has 1 aliphatic rings. The molecule has 1 aliphatic heterocycles. The summed E-state index contributed by atoms with van der Waals surface area (Å²) in [6, 6.07) is 3.92. The monoisotopic (exact) mass is 327 g/mol. The highest BCUT2D eigenvalue weighted by atomic mass is 79.9. The fourth-order valence-corrected chi connectivity index (χ4v) is 2.96. The lowest BCUT2D eigenvalue weighted by Gasteiger charge is -2.18. The number of hydrogen-bond acceptors (Lipinski definition) is 2. The zero-order valence-electron chi connectivity index (χ0n) is 10.7. The zero-order valence-corrected chi connectivity index (χ0v) is 12.2. The molecule has 1 aromatic carbocycles. The molecule has 0 bridgehead atoms. The summed E-state index contributed by atoms with van der Waals surface area (Å²) in [5.41, 5.74) is 0.709. The van der Waals surface area contributed by atoms with Crippen LogP contribution in [0.1, 0.15) is 30.1 Å². The minimum absolute atomic E-state index is 0.179. The maximum absolute atomic E-state index is 13.1. The van der Waals surface area contributed by atoms with Gasteiger partial charge >= 0.3 is 0 Å². The fraction of sp³-hybridized carbons (Fsp3) is 0.429. The van der Waals surface area contributed by atoms with E-state index >= 15 is 0 Å². The molecular formula is C14H15BrFNO2. The van der Waals surface area contributed by atoms with E-state index in [0.29, 0.717) is 18.2 Å². The smallest absolute Gasteiger partial charge is 0.299 e. The number of carbonyl (C=O) groups excluding carboxylic acids is 2. The van der Waals surface area contributed by atoms with Crippen molar-refractivity contribution in [2.45, 2.75) is 19.8 Å². The highest BCUT2D eigenvalue weighted by Gasteiger charge is 2.35. The van der Waals surface area contributed by atoms with E-state index in [1.807, 2.05) is 0 Å². The van der Waals surface area contributed by atoms with Crippen molar-refractivity contribution in [1.82, 2.24) is 0 Å². The van der Waals surface area contributed by atoms with Gasteiger partial charge in [-0.1, -0.05) is 22.9 Å². The Bertz CT molecular complexity index is 518. The zero-order chi connectivity index (χ0) is 14.0. The number of halogens is 2. The van der Waals surface area contributed by atoms with Crippen molar-refractivity contribution in [2.24, 2.45) is 5.92 Å². The summed E-state index contributed by atoms with van der Waals surface area (Å²) in [7, 11) is 0. The summed E-state index contributed by atoms with van der Waals surface area (Å²) in [4.78, 5) is 25.1. The average molecular weight is 328 g/mol. The lowest BCUT2D eigenvalue weighted by molar-refractivity contribution is -0.114. The molecule has 1 heterocycles. The molecule has 0 spiro atoms. The number of anilines is 1. The molecular weight excluding hydrogens is 313 g/mol. The van der Waals surface area contributed by atoms with Crippen molar-refractivity contribution < 1.29 is 14.0 Å². The van der Waals surface area contributed by atoms with Crippen LogP contribution in [0.5, 0.6) is 0 Å². The Morgan fingerprint density at radius 3 is 2.74 bits per heavy atom. The van der Waals surface area contributed by atoms with Gasteiger partial charge in [0.1, 0.15) is 5.82 Å². The molecule has 1 unspecified atom stereocenters. The molecule has 1 aromatic rings. The molecule has 0 aliphatic carbocycles. The SMILES string of the molecule is CC(CCBr)CCN1C(=O)C(=O)c2cc(F)ccc21. The number of nitrogens with zero attached hydrogens (tertiary/aromatic N) is 1. The molecule has 5 heteroatoms. The predicted molar refractivity (Wildman–Crippen MR) is 75.3 cm³/mol. The molecule has 0 aromatic heterocycles. The number of carbonyl (C=O) groups is 2. The van der Waals surface area contributed by atoms with E-state index in [-0.39, 0.29) is 5.56 Å². The van der Waals surface area contributed by atoms with Gasteiger partial charge < -0.3 is 4.90 Å². The third-order valence-corrected chi connectivity index (χ3v) is 3.84. The Kier molecular flexibility index (Phi) is 4.34. The number of fused-ring (bicyclic) bond motifs is 1. The Morgan fingerprint density at radius 1 is 1.32 bits per heavy atom. The van der Waals surface area contributed by atoms with Crippen molar-refractivity contribution in [3.05, 3.63) is 29.6 Å². The van der Waals surface area contributed by atoms with Crippen LogP contribution < -0.4 is 4.90 Å². The summed E-state index contributed by atoms with van der Waals surface area (Å²) >= 11 is 3.38. The maximum atomic E-state index is 13.1. The van der Waals surface area contributed by atoms with E-state index < -0.39 is 17.5 Å². The number of amides is 1. The number of hydrogen-bond donors (Lipinski definition) is 0. The first-order valence-corrected chi connectivity index (χ1v) is 7.38. The lowest BCUT2D eigenvalue weighted by Crippen LogP contribution is -2.31. The third kappa shape index (κ3) is 2.86. The van der Waals surface area contributed by atoms with Gasteiger partial charge in [0.2, 0.25) is 0 Å². The van der Waals surface area contributed by atoms with Crippen LogP contribution in [0.4, 0.5) is 10.1 Å². The second-order valence-corrected chi connectivity index (χ2v) is 5.61. The molecule has 1 amide bonds. The molecule has 0 N–H and O–H groups in total. The second-order valence-electron chi connectivity index (χ2n) is 4.82. The molecule has 3 nitrogen and oxygen atoms in total. The van der Waals surface area contributed by atoms with E-state index in [2.05, 4.69) is 22.9 Å². The summed E-state index contributed by atoms with van der Waals surface area (Å²) in [6.45, 7) is 2.60. The topological polar surface area (TPSA) is 37.4 Å². The minimum Gasteiger partial charge on any atom is -0.305 e. The summed E-state index contributed by atoms with van der Waals surface area (Å²) in [5, 5.41) is 0.919. The lowest BCUT2D eigenvalue weighted by atomic mass is 10.1. The van der Waals surface area contributed by atoms with Crippen LogP contribution in [0.15, 0.2) is 18.2 Å². The largest absolute Gasteiger partial charge is 0.305 e. The van der Waals surface area contributed by atoms with Crippen LogP contribution >= 0.6 is 15.9 Å². The number of alkyl halides is 1. The van der Waals surface area contributed by atoms with Gasteiger partial charge in [-0.25, -0.2) is 4.39 Å². The van der Waals surface area contributed by atoms with E-state index in [9.17, 15) is 14.0 Å². The van der Waals surface area contributed by atoms with Crippen LogP contribution in [0.3, 0.4) is 0 Å². The van der Waals surface area contributed by atoms with Gasteiger partial charge in [0.05, 0.1) is 11.3 Å². The fourth-order valence-electron chi connectivity index (χ4n) is 2.17. The van der Waals surface area contributed by atoms with Crippen molar-refractivity contribution in [3.63, 3.8) is 0 Å². The summed E-state index contributed by atoms with van der Waals surface area (Å²) in [5.74, 6) is -1.18. The molecule has 0 fully saturated rings. The van der Waals surface area contributed by atoms with Crippen molar-refractivity contribution in [3.8, 4) is 0 Å². The number of ketones is 1. The Balaban J connectivity index is 2.15. The van der Waals surface area contributed by atoms with Gasteiger partial charge in [-0.2, -0.15) is 0 Å². The number of rotatable bonds is 5. The van der Waals surface area contributed by atoms with E-state index in [1.54, 1.807) is 0 Å². The van der Waals surface area contributed by atoms with Gasteiger partial charge in [0.25, 0.3) is 11.7 Å². The minimum atomic E-state index is -0.609. The number of benzene rings is 1. The quantitative estimate of drug-likeness (QED) is 0.615. The van der Waals surface area contributed by atoms with Gasteiger partial charge in [0.15, 0.2) is 0 Å². The first-order chi connectivity index (χ1) is 9.04. The molecule has 0 radical (unpaired) electrons. The van der Waals surface area contributed by atoms with Crippen LogP contribution in [-0.2, 0) is 4.79 Å².